The van der Waals surface area contributed by atoms with E-state index in [2.05, 4.69) is 9.97 Å². The largest absolute Gasteiger partial charge is 0.496 e. The van der Waals surface area contributed by atoms with Gasteiger partial charge in [0.2, 0.25) is 0 Å². The van der Waals surface area contributed by atoms with Gasteiger partial charge in [0.25, 0.3) is 5.91 Å². The predicted octanol–water partition coefficient (Wildman–Crippen LogP) is 3.91. The third kappa shape index (κ3) is 3.14. The first-order valence-electron chi connectivity index (χ1n) is 8.35. The predicted molar refractivity (Wildman–Crippen MR) is 99.1 cm³/mol. The molecular formula is C20H22FN3O2. The fourth-order valence-corrected chi connectivity index (χ4v) is 3.22. The second-order valence-electron chi connectivity index (χ2n) is 6.57. The Bertz CT molecular complexity index is 994. The number of hydrogen-bond donors (Lipinski definition) is 1. The van der Waals surface area contributed by atoms with Crippen LogP contribution in [0.1, 0.15) is 32.9 Å². The Labute approximate surface area is 151 Å². The highest BCUT2D eigenvalue weighted by Crippen LogP contribution is 2.25. The molecule has 0 spiro atoms. The van der Waals surface area contributed by atoms with Crippen LogP contribution in [0.4, 0.5) is 4.39 Å². The normalized spacial score (nSPS) is 11.0. The number of aryl methyl sites for hydroxylation is 2. The zero-order valence-corrected chi connectivity index (χ0v) is 15.6. The second-order valence-corrected chi connectivity index (χ2v) is 6.57. The molecule has 0 aliphatic carbocycles. The lowest BCUT2D eigenvalue weighted by Crippen LogP contribution is -2.27. The number of benzene rings is 1. The number of fused-ring (bicyclic) bond motifs is 1. The fraction of sp³-hybridized carbons (Fsp3) is 0.300. The van der Waals surface area contributed by atoms with E-state index in [1.807, 2.05) is 20.8 Å². The highest BCUT2D eigenvalue weighted by Gasteiger charge is 2.18. The van der Waals surface area contributed by atoms with Crippen LogP contribution in [0.2, 0.25) is 0 Å². The number of aromatic amines is 1. The number of carbonyl (C=O) groups excluding carboxylic acids is 1. The van der Waals surface area contributed by atoms with Gasteiger partial charge in [-0.2, -0.15) is 0 Å². The van der Waals surface area contributed by atoms with Gasteiger partial charge in [-0.1, -0.05) is 0 Å². The lowest BCUT2D eigenvalue weighted by molar-refractivity contribution is 0.0778. The molecule has 0 fully saturated rings. The standard InChI is InChI=1S/C20H22FN3O2/c1-11-6-14(21)7-16-15(11)8-17(23-16)20(25)24(4)10-18-13(3)19(26-5)12(2)9-22-18/h6-9,23H,10H2,1-5H3. The van der Waals surface area contributed by atoms with E-state index < -0.39 is 0 Å². The molecule has 3 rings (SSSR count). The molecule has 0 unspecified atom stereocenters. The van der Waals surface area contributed by atoms with E-state index in [-0.39, 0.29) is 11.7 Å². The van der Waals surface area contributed by atoms with Crippen molar-refractivity contribution < 1.29 is 13.9 Å². The van der Waals surface area contributed by atoms with Crippen molar-refractivity contribution in [3.8, 4) is 5.75 Å². The Morgan fingerprint density at radius 1 is 1.23 bits per heavy atom. The Hall–Kier alpha value is -2.89. The highest BCUT2D eigenvalue weighted by molar-refractivity contribution is 5.98. The number of amides is 1. The van der Waals surface area contributed by atoms with Crippen molar-refractivity contribution in [2.45, 2.75) is 27.3 Å². The second kappa shape index (κ2) is 6.78. The maximum absolute atomic E-state index is 13.6. The number of H-pyrrole nitrogens is 1. The summed E-state index contributed by atoms with van der Waals surface area (Å²) in [5, 5.41) is 0.842. The number of nitrogens with zero attached hydrogens (tertiary/aromatic N) is 2. The molecule has 0 aliphatic rings. The molecule has 1 amide bonds. The molecule has 3 aromatic rings. The van der Waals surface area contributed by atoms with Crippen LogP contribution < -0.4 is 4.74 Å². The molecule has 0 bridgehead atoms. The minimum Gasteiger partial charge on any atom is -0.496 e. The first-order chi connectivity index (χ1) is 12.3. The summed E-state index contributed by atoms with van der Waals surface area (Å²) in [5.74, 6) is 0.282. The van der Waals surface area contributed by atoms with Gasteiger partial charge in [0.05, 0.1) is 19.3 Å². The van der Waals surface area contributed by atoms with Gasteiger partial charge in [0.15, 0.2) is 0 Å². The zero-order chi connectivity index (χ0) is 19.0. The third-order valence-corrected chi connectivity index (χ3v) is 4.62. The monoisotopic (exact) mass is 355 g/mol. The smallest absolute Gasteiger partial charge is 0.270 e. The third-order valence-electron chi connectivity index (χ3n) is 4.62. The summed E-state index contributed by atoms with van der Waals surface area (Å²) in [5.41, 5.74) is 4.48. The molecular weight excluding hydrogens is 333 g/mol. The Kier molecular flexibility index (Phi) is 4.68. The molecule has 0 saturated carbocycles. The molecule has 1 N–H and O–H groups in total. The summed E-state index contributed by atoms with van der Waals surface area (Å²) in [6.07, 6.45) is 1.74. The van der Waals surface area contributed by atoms with E-state index >= 15 is 0 Å². The SMILES string of the molecule is COc1c(C)cnc(CN(C)C(=O)c2cc3c(C)cc(F)cc3[nH]2)c1C. The van der Waals surface area contributed by atoms with Crippen molar-refractivity contribution in [3.05, 3.63) is 58.3 Å². The van der Waals surface area contributed by atoms with Crippen LogP contribution in [0.15, 0.2) is 24.4 Å². The number of halogens is 1. The summed E-state index contributed by atoms with van der Waals surface area (Å²) < 4.78 is 19.0. The van der Waals surface area contributed by atoms with Crippen molar-refractivity contribution in [2.75, 3.05) is 14.2 Å². The van der Waals surface area contributed by atoms with Crippen molar-refractivity contribution in [1.82, 2.24) is 14.9 Å². The van der Waals surface area contributed by atoms with Gasteiger partial charge in [-0.05, 0) is 44.5 Å². The van der Waals surface area contributed by atoms with Crippen LogP contribution in [0.5, 0.6) is 5.75 Å². The molecule has 136 valence electrons. The number of nitrogens with one attached hydrogen (secondary N) is 1. The highest BCUT2D eigenvalue weighted by atomic mass is 19.1. The van der Waals surface area contributed by atoms with Gasteiger partial charge in [0, 0.05) is 35.3 Å². The number of methoxy groups -OCH3 is 1. The van der Waals surface area contributed by atoms with Crippen LogP contribution in [0.3, 0.4) is 0 Å². The van der Waals surface area contributed by atoms with E-state index in [4.69, 9.17) is 4.74 Å². The molecule has 2 aromatic heterocycles. The number of carbonyl (C=O) groups is 1. The minimum atomic E-state index is -0.323. The first kappa shape index (κ1) is 17.9. The van der Waals surface area contributed by atoms with E-state index in [0.29, 0.717) is 17.8 Å². The molecule has 0 saturated heterocycles. The maximum atomic E-state index is 13.6. The fourth-order valence-electron chi connectivity index (χ4n) is 3.22. The summed E-state index contributed by atoms with van der Waals surface area (Å²) in [4.78, 5) is 21.8. The minimum absolute atomic E-state index is 0.179. The topological polar surface area (TPSA) is 58.2 Å². The molecule has 2 heterocycles. The average Bonchev–Trinajstić information content (AvgIpc) is 3.01. The molecule has 0 aliphatic heterocycles. The molecule has 0 radical (unpaired) electrons. The Balaban J connectivity index is 1.88. The summed E-state index contributed by atoms with van der Waals surface area (Å²) in [7, 11) is 3.34. The van der Waals surface area contributed by atoms with E-state index in [1.54, 1.807) is 31.3 Å². The average molecular weight is 355 g/mol. The van der Waals surface area contributed by atoms with Crippen LogP contribution in [-0.2, 0) is 6.54 Å². The van der Waals surface area contributed by atoms with E-state index in [1.165, 1.54) is 12.1 Å². The van der Waals surface area contributed by atoms with Gasteiger partial charge in [-0.25, -0.2) is 4.39 Å². The number of aromatic nitrogens is 2. The number of pyridine rings is 1. The number of hydrogen-bond acceptors (Lipinski definition) is 3. The molecule has 1 aromatic carbocycles. The van der Waals surface area contributed by atoms with Crippen LogP contribution in [-0.4, -0.2) is 34.9 Å². The lowest BCUT2D eigenvalue weighted by Gasteiger charge is -2.19. The van der Waals surface area contributed by atoms with Crippen molar-refractivity contribution in [3.63, 3.8) is 0 Å². The van der Waals surface area contributed by atoms with Gasteiger partial charge in [-0.3, -0.25) is 9.78 Å². The van der Waals surface area contributed by atoms with Crippen molar-refractivity contribution in [1.29, 1.82) is 0 Å². The Morgan fingerprint density at radius 2 is 1.96 bits per heavy atom. The van der Waals surface area contributed by atoms with Gasteiger partial charge >= 0.3 is 0 Å². The van der Waals surface area contributed by atoms with Gasteiger partial charge in [-0.15, -0.1) is 0 Å². The number of rotatable bonds is 4. The van der Waals surface area contributed by atoms with E-state index in [0.717, 1.165) is 33.5 Å². The molecule has 26 heavy (non-hydrogen) atoms. The van der Waals surface area contributed by atoms with Gasteiger partial charge < -0.3 is 14.6 Å². The zero-order valence-electron chi connectivity index (χ0n) is 15.6. The van der Waals surface area contributed by atoms with Crippen molar-refractivity contribution in [2.24, 2.45) is 0 Å². The van der Waals surface area contributed by atoms with Crippen LogP contribution in [0.25, 0.3) is 10.9 Å². The van der Waals surface area contributed by atoms with Crippen LogP contribution >= 0.6 is 0 Å². The summed E-state index contributed by atoms with van der Waals surface area (Å²) >= 11 is 0. The Morgan fingerprint density at radius 3 is 2.65 bits per heavy atom. The van der Waals surface area contributed by atoms with Gasteiger partial charge in [0.1, 0.15) is 17.3 Å². The van der Waals surface area contributed by atoms with Crippen LogP contribution in [0, 0.1) is 26.6 Å². The van der Waals surface area contributed by atoms with E-state index in [9.17, 15) is 9.18 Å². The summed E-state index contributed by atoms with van der Waals surface area (Å²) in [6.45, 7) is 6.04. The summed E-state index contributed by atoms with van der Waals surface area (Å²) in [6, 6.07) is 4.62. The quantitative estimate of drug-likeness (QED) is 0.772. The molecule has 0 atom stereocenters. The molecule has 6 heteroatoms. The molecule has 5 nitrogen and oxygen atoms in total. The number of ether oxygens (including phenoxy) is 1. The lowest BCUT2D eigenvalue weighted by atomic mass is 10.1. The first-order valence-corrected chi connectivity index (χ1v) is 8.35. The van der Waals surface area contributed by atoms with Crippen molar-refractivity contribution >= 4 is 16.8 Å². The maximum Gasteiger partial charge on any atom is 0.270 e.